The van der Waals surface area contributed by atoms with Gasteiger partial charge in [0.15, 0.2) is 18.1 Å². The SMILES string of the molecule is CCOc1cc(/C=C2/NC(=O)N(CC(=O)O)C2=O)cc(I)c1OCC(=O)O. The van der Waals surface area contributed by atoms with E-state index >= 15 is 0 Å². The van der Waals surface area contributed by atoms with E-state index in [0.717, 1.165) is 0 Å². The highest BCUT2D eigenvalue weighted by atomic mass is 127. The van der Waals surface area contributed by atoms with E-state index in [1.807, 2.05) is 22.6 Å². The van der Waals surface area contributed by atoms with E-state index in [0.29, 0.717) is 20.6 Å². The number of rotatable bonds is 8. The number of nitrogens with zero attached hydrogens (tertiary/aromatic N) is 1. The van der Waals surface area contributed by atoms with Gasteiger partial charge in [-0.3, -0.25) is 9.59 Å². The molecule has 0 radical (unpaired) electrons. The van der Waals surface area contributed by atoms with Crippen LogP contribution >= 0.6 is 22.6 Å². The third-order valence-electron chi connectivity index (χ3n) is 3.24. The lowest BCUT2D eigenvalue weighted by molar-refractivity contribution is -0.140. The summed E-state index contributed by atoms with van der Waals surface area (Å²) in [5, 5.41) is 19.9. The van der Waals surface area contributed by atoms with E-state index in [9.17, 15) is 19.2 Å². The minimum absolute atomic E-state index is 0.0845. The third-order valence-corrected chi connectivity index (χ3v) is 4.04. The second kappa shape index (κ2) is 8.70. The summed E-state index contributed by atoms with van der Waals surface area (Å²) >= 11 is 1.93. The van der Waals surface area contributed by atoms with Gasteiger partial charge in [0.05, 0.1) is 10.2 Å². The van der Waals surface area contributed by atoms with Crippen LogP contribution in [0.5, 0.6) is 11.5 Å². The average molecular weight is 490 g/mol. The highest BCUT2D eigenvalue weighted by Crippen LogP contribution is 2.35. The molecule has 3 N–H and O–H groups in total. The molecule has 0 unspecified atom stereocenters. The fraction of sp³-hybridized carbons (Fsp3) is 0.250. The van der Waals surface area contributed by atoms with Crippen molar-refractivity contribution in [3.05, 3.63) is 27.0 Å². The van der Waals surface area contributed by atoms with Crippen LogP contribution in [0.25, 0.3) is 6.08 Å². The number of carboxylic acids is 2. The Balaban J connectivity index is 2.34. The molecule has 2 rings (SSSR count). The molecule has 0 aliphatic carbocycles. The van der Waals surface area contributed by atoms with Gasteiger partial charge in [-0.15, -0.1) is 0 Å². The van der Waals surface area contributed by atoms with Crippen LogP contribution in [0, 0.1) is 3.57 Å². The Hall–Kier alpha value is -2.83. The predicted molar refractivity (Wildman–Crippen MR) is 99.3 cm³/mol. The second-order valence-electron chi connectivity index (χ2n) is 5.22. The van der Waals surface area contributed by atoms with Crippen molar-refractivity contribution in [3.63, 3.8) is 0 Å². The minimum Gasteiger partial charge on any atom is -0.490 e. The van der Waals surface area contributed by atoms with Crippen LogP contribution in [0.1, 0.15) is 12.5 Å². The van der Waals surface area contributed by atoms with Gasteiger partial charge in [0, 0.05) is 0 Å². The largest absolute Gasteiger partial charge is 0.490 e. The Morgan fingerprint density at radius 3 is 2.52 bits per heavy atom. The number of urea groups is 1. The van der Waals surface area contributed by atoms with Crippen molar-refractivity contribution in [1.82, 2.24) is 10.2 Å². The number of imide groups is 1. The Morgan fingerprint density at radius 1 is 1.22 bits per heavy atom. The molecule has 1 aliphatic heterocycles. The summed E-state index contributed by atoms with van der Waals surface area (Å²) in [4.78, 5) is 46.0. The maximum Gasteiger partial charge on any atom is 0.341 e. The van der Waals surface area contributed by atoms with E-state index in [4.69, 9.17) is 19.7 Å². The van der Waals surface area contributed by atoms with Gasteiger partial charge in [0.25, 0.3) is 5.91 Å². The fourth-order valence-electron chi connectivity index (χ4n) is 2.23. The van der Waals surface area contributed by atoms with Gasteiger partial charge in [-0.1, -0.05) is 0 Å². The average Bonchev–Trinajstić information content (AvgIpc) is 2.81. The molecule has 0 atom stereocenters. The molecule has 0 aromatic heterocycles. The minimum atomic E-state index is -1.31. The lowest BCUT2D eigenvalue weighted by Crippen LogP contribution is -2.35. The smallest absolute Gasteiger partial charge is 0.341 e. The van der Waals surface area contributed by atoms with Crippen LogP contribution < -0.4 is 14.8 Å². The van der Waals surface area contributed by atoms with Gasteiger partial charge >= 0.3 is 18.0 Å². The van der Waals surface area contributed by atoms with E-state index < -0.39 is 37.0 Å². The first-order valence-corrected chi connectivity index (χ1v) is 8.68. The van der Waals surface area contributed by atoms with Crippen LogP contribution in [0.2, 0.25) is 0 Å². The number of hydrogen-bond donors (Lipinski definition) is 3. The zero-order valence-corrected chi connectivity index (χ0v) is 16.2. The number of carbonyl (C=O) groups excluding carboxylic acids is 2. The topological polar surface area (TPSA) is 142 Å². The number of nitrogens with one attached hydrogen (secondary N) is 1. The summed E-state index contributed by atoms with van der Waals surface area (Å²) < 4.78 is 11.2. The van der Waals surface area contributed by atoms with Gasteiger partial charge in [-0.25, -0.2) is 14.5 Å². The summed E-state index contributed by atoms with van der Waals surface area (Å²) in [7, 11) is 0. The van der Waals surface area contributed by atoms with Crippen molar-refractivity contribution in [2.75, 3.05) is 19.8 Å². The molecule has 1 saturated heterocycles. The molecule has 11 heteroatoms. The Kier molecular flexibility index (Phi) is 6.60. The molecule has 0 spiro atoms. The number of carbonyl (C=O) groups is 4. The number of halogens is 1. The summed E-state index contributed by atoms with van der Waals surface area (Å²) in [5.74, 6) is -2.69. The van der Waals surface area contributed by atoms with Crippen molar-refractivity contribution in [2.45, 2.75) is 6.92 Å². The van der Waals surface area contributed by atoms with E-state index in [1.54, 1.807) is 13.0 Å². The van der Waals surface area contributed by atoms with Crippen LogP contribution in [0.15, 0.2) is 17.8 Å². The van der Waals surface area contributed by atoms with Crippen LogP contribution in [-0.4, -0.2) is 58.7 Å². The van der Waals surface area contributed by atoms with Gasteiger partial charge in [-0.2, -0.15) is 0 Å². The van der Waals surface area contributed by atoms with Crippen molar-refractivity contribution in [3.8, 4) is 11.5 Å². The number of carboxylic acid groups (broad SMARTS) is 2. The van der Waals surface area contributed by atoms with Gasteiger partial charge in [0.1, 0.15) is 12.2 Å². The van der Waals surface area contributed by atoms with E-state index in [1.165, 1.54) is 12.1 Å². The molecule has 1 aliphatic rings. The van der Waals surface area contributed by atoms with Gasteiger partial charge in [-0.05, 0) is 53.3 Å². The molecule has 0 saturated carbocycles. The normalized spacial score (nSPS) is 15.0. The molecule has 144 valence electrons. The van der Waals surface area contributed by atoms with Crippen molar-refractivity contribution in [2.24, 2.45) is 0 Å². The second-order valence-corrected chi connectivity index (χ2v) is 6.38. The number of aliphatic carboxylic acids is 2. The molecule has 1 aromatic carbocycles. The molecule has 0 bridgehead atoms. The fourth-order valence-corrected chi connectivity index (χ4v) is 3.01. The number of ether oxygens (including phenoxy) is 2. The van der Waals surface area contributed by atoms with Crippen LogP contribution in [0.3, 0.4) is 0 Å². The first-order valence-electron chi connectivity index (χ1n) is 7.60. The molecule has 1 heterocycles. The first kappa shape index (κ1) is 20.5. The van der Waals surface area contributed by atoms with Gasteiger partial charge in [0.2, 0.25) is 0 Å². The Bertz CT molecular complexity index is 836. The molecular weight excluding hydrogens is 475 g/mol. The maximum absolute atomic E-state index is 12.2. The van der Waals surface area contributed by atoms with Gasteiger partial charge < -0.3 is 25.0 Å². The number of hydrogen-bond acceptors (Lipinski definition) is 6. The van der Waals surface area contributed by atoms with Crippen LogP contribution in [0.4, 0.5) is 4.79 Å². The molecule has 1 aromatic rings. The molecule has 1 fully saturated rings. The molecule has 10 nitrogen and oxygen atoms in total. The first-order chi connectivity index (χ1) is 12.7. The monoisotopic (exact) mass is 490 g/mol. The van der Waals surface area contributed by atoms with Crippen LogP contribution in [-0.2, 0) is 14.4 Å². The number of amides is 3. The van der Waals surface area contributed by atoms with Crippen molar-refractivity contribution in [1.29, 1.82) is 0 Å². The van der Waals surface area contributed by atoms with E-state index in [2.05, 4.69) is 5.32 Å². The quantitative estimate of drug-likeness (QED) is 0.280. The lowest BCUT2D eigenvalue weighted by atomic mass is 10.1. The van der Waals surface area contributed by atoms with Crippen molar-refractivity contribution >= 4 is 52.5 Å². The Labute approximate surface area is 166 Å². The lowest BCUT2D eigenvalue weighted by Gasteiger charge is -2.13. The van der Waals surface area contributed by atoms with E-state index in [-0.39, 0.29) is 17.2 Å². The summed E-state index contributed by atoms with van der Waals surface area (Å²) in [6, 6.07) is 2.30. The number of benzene rings is 1. The van der Waals surface area contributed by atoms with Crippen molar-refractivity contribution < 1.29 is 38.9 Å². The molecule has 3 amide bonds. The highest BCUT2D eigenvalue weighted by molar-refractivity contribution is 14.1. The standard InChI is InChI=1S/C16H15IN2O8/c1-2-26-11-5-8(3-9(17)14(11)27-7-13(22)23)4-10-15(24)19(6-12(20)21)16(25)18-10/h3-5H,2,6-7H2,1H3,(H,18,25)(H,20,21)(H,22,23)/b10-4+. The zero-order valence-electron chi connectivity index (χ0n) is 14.0. The molecule has 27 heavy (non-hydrogen) atoms. The molecular formula is C16H15IN2O8. The highest BCUT2D eigenvalue weighted by Gasteiger charge is 2.34. The summed E-state index contributed by atoms with van der Waals surface area (Å²) in [6.07, 6.45) is 1.37. The zero-order chi connectivity index (χ0) is 20.1. The maximum atomic E-state index is 12.2. The third kappa shape index (κ3) is 5.09. The predicted octanol–water partition coefficient (Wildman–Crippen LogP) is 1.13. The Morgan fingerprint density at radius 2 is 1.93 bits per heavy atom. The summed E-state index contributed by atoms with van der Waals surface area (Å²) in [6.45, 7) is 0.742. The summed E-state index contributed by atoms with van der Waals surface area (Å²) in [5.41, 5.74) is 0.394.